The smallest absolute Gasteiger partial charge is 0.337 e. The van der Waals surface area contributed by atoms with Gasteiger partial charge in [-0.25, -0.2) is 14.8 Å². The Kier molecular flexibility index (Phi) is 5.55. The number of hydrogen-bond acceptors (Lipinski definition) is 6. The molecule has 2 aromatic carbocycles. The Morgan fingerprint density at radius 1 is 1.00 bits per heavy atom. The number of esters is 1. The molecule has 0 aliphatic rings. The van der Waals surface area contributed by atoms with Gasteiger partial charge in [-0.3, -0.25) is 0 Å². The lowest BCUT2D eigenvalue weighted by Gasteiger charge is -2.10. The molecule has 0 amide bonds. The zero-order valence-corrected chi connectivity index (χ0v) is 15.2. The van der Waals surface area contributed by atoms with Crippen LogP contribution in [0.25, 0.3) is 0 Å². The summed E-state index contributed by atoms with van der Waals surface area (Å²) in [6, 6.07) is 13.7. The number of nitrogens with one attached hydrogen (secondary N) is 2. The highest BCUT2D eigenvalue weighted by Crippen LogP contribution is 2.28. The molecule has 0 spiro atoms. The van der Waals surface area contributed by atoms with Crippen molar-refractivity contribution < 1.29 is 9.53 Å². The van der Waals surface area contributed by atoms with Crippen LogP contribution in [0.4, 0.5) is 23.0 Å². The van der Waals surface area contributed by atoms with Crippen LogP contribution in [-0.4, -0.2) is 23.0 Å². The van der Waals surface area contributed by atoms with Crippen LogP contribution in [-0.2, 0) is 4.74 Å². The van der Waals surface area contributed by atoms with Crippen LogP contribution in [0, 0.1) is 0 Å². The molecular formula is C18H14Cl2N4O2. The molecule has 1 aromatic heterocycles. The van der Waals surface area contributed by atoms with E-state index in [-0.39, 0.29) is 0 Å². The summed E-state index contributed by atoms with van der Waals surface area (Å²) in [4.78, 5) is 20.0. The van der Waals surface area contributed by atoms with E-state index in [9.17, 15) is 4.79 Å². The maximum atomic E-state index is 11.6. The van der Waals surface area contributed by atoms with Gasteiger partial charge in [-0.1, -0.05) is 29.3 Å². The van der Waals surface area contributed by atoms with E-state index in [0.717, 1.165) is 0 Å². The quantitative estimate of drug-likeness (QED) is 0.595. The Hall–Kier alpha value is -2.83. The molecule has 1 heterocycles. The average molecular weight is 389 g/mol. The monoisotopic (exact) mass is 388 g/mol. The van der Waals surface area contributed by atoms with E-state index in [2.05, 4.69) is 20.6 Å². The lowest BCUT2D eigenvalue weighted by molar-refractivity contribution is 0.0601. The molecule has 0 saturated heterocycles. The van der Waals surface area contributed by atoms with E-state index in [1.807, 2.05) is 6.07 Å². The van der Waals surface area contributed by atoms with Gasteiger partial charge in [-0.05, 0) is 36.4 Å². The number of nitrogens with zero attached hydrogens (tertiary/aromatic N) is 2. The number of carbonyl (C=O) groups excluding carboxylic acids is 1. The number of rotatable bonds is 5. The third-order valence-electron chi connectivity index (χ3n) is 3.41. The molecule has 0 unspecified atom stereocenters. The molecule has 0 aliphatic carbocycles. The number of benzene rings is 2. The second-order valence-corrected chi connectivity index (χ2v) is 6.08. The van der Waals surface area contributed by atoms with E-state index in [0.29, 0.717) is 38.6 Å². The second-order valence-electron chi connectivity index (χ2n) is 5.24. The Balaban J connectivity index is 1.79. The summed E-state index contributed by atoms with van der Waals surface area (Å²) >= 11 is 12.1. The molecule has 0 saturated carbocycles. The molecule has 132 valence electrons. The zero-order chi connectivity index (χ0) is 18.5. The summed E-state index contributed by atoms with van der Waals surface area (Å²) in [5.74, 6) is 0.674. The van der Waals surface area contributed by atoms with Crippen LogP contribution in [0.5, 0.6) is 0 Å². The molecule has 0 aliphatic heterocycles. The average Bonchev–Trinajstić information content (AvgIpc) is 2.64. The Morgan fingerprint density at radius 3 is 2.54 bits per heavy atom. The highest BCUT2D eigenvalue weighted by molar-refractivity contribution is 6.35. The minimum absolute atomic E-state index is 0.408. The van der Waals surface area contributed by atoms with Crippen LogP contribution in [0.15, 0.2) is 54.9 Å². The van der Waals surface area contributed by atoms with Crippen molar-refractivity contribution >= 4 is 52.2 Å². The molecule has 3 rings (SSSR count). The van der Waals surface area contributed by atoms with Gasteiger partial charge < -0.3 is 15.4 Å². The first-order valence-corrected chi connectivity index (χ1v) is 8.30. The van der Waals surface area contributed by atoms with E-state index in [4.69, 9.17) is 27.9 Å². The van der Waals surface area contributed by atoms with Gasteiger partial charge in [-0.15, -0.1) is 0 Å². The number of carbonyl (C=O) groups is 1. The first-order valence-electron chi connectivity index (χ1n) is 7.54. The van der Waals surface area contributed by atoms with Crippen LogP contribution >= 0.6 is 23.2 Å². The third-order valence-corrected chi connectivity index (χ3v) is 3.98. The fourth-order valence-electron chi connectivity index (χ4n) is 2.21. The van der Waals surface area contributed by atoms with Crippen LogP contribution in [0.1, 0.15) is 10.4 Å². The standard InChI is InChI=1S/C18H14Cl2N4O2/c1-26-18(25)11-3-2-4-13(7-11)23-16-9-17(22-10-21-16)24-15-8-12(19)5-6-14(15)20/h2-10H,1H3,(H2,21,22,23,24). The van der Waals surface area contributed by atoms with Crippen molar-refractivity contribution in [3.8, 4) is 0 Å². The summed E-state index contributed by atoms with van der Waals surface area (Å²) in [5, 5.41) is 7.29. The van der Waals surface area contributed by atoms with E-state index in [1.54, 1.807) is 42.5 Å². The number of halogens is 2. The number of anilines is 4. The number of aromatic nitrogens is 2. The number of ether oxygens (including phenoxy) is 1. The van der Waals surface area contributed by atoms with Gasteiger partial charge in [-0.2, -0.15) is 0 Å². The van der Waals surface area contributed by atoms with Gasteiger partial charge in [0.1, 0.15) is 18.0 Å². The van der Waals surface area contributed by atoms with Crippen molar-refractivity contribution in [1.82, 2.24) is 9.97 Å². The fraction of sp³-hybridized carbons (Fsp3) is 0.0556. The summed E-state index contributed by atoms with van der Waals surface area (Å²) in [7, 11) is 1.34. The maximum absolute atomic E-state index is 11.6. The first-order chi connectivity index (χ1) is 12.5. The lowest BCUT2D eigenvalue weighted by atomic mass is 10.2. The van der Waals surface area contributed by atoms with Crippen molar-refractivity contribution in [2.45, 2.75) is 0 Å². The number of hydrogen-bond donors (Lipinski definition) is 2. The molecule has 0 fully saturated rings. The molecule has 6 nitrogen and oxygen atoms in total. The molecule has 0 bridgehead atoms. The van der Waals surface area contributed by atoms with Crippen LogP contribution in [0.2, 0.25) is 10.0 Å². The fourth-order valence-corrected chi connectivity index (χ4v) is 2.55. The zero-order valence-electron chi connectivity index (χ0n) is 13.7. The third kappa shape index (κ3) is 4.41. The van der Waals surface area contributed by atoms with E-state index < -0.39 is 5.97 Å². The van der Waals surface area contributed by atoms with Gasteiger partial charge in [0.15, 0.2) is 0 Å². The normalized spacial score (nSPS) is 10.3. The Bertz CT molecular complexity index is 950. The van der Waals surface area contributed by atoms with Crippen molar-refractivity contribution in [3.05, 3.63) is 70.5 Å². The number of methoxy groups -OCH3 is 1. The molecule has 26 heavy (non-hydrogen) atoms. The summed E-state index contributed by atoms with van der Waals surface area (Å²) < 4.78 is 4.72. The Labute approximate surface area is 160 Å². The Morgan fingerprint density at radius 2 is 1.77 bits per heavy atom. The van der Waals surface area contributed by atoms with Crippen molar-refractivity contribution in [1.29, 1.82) is 0 Å². The minimum atomic E-state index is -0.408. The lowest BCUT2D eigenvalue weighted by Crippen LogP contribution is -2.02. The second kappa shape index (κ2) is 8.03. The van der Waals surface area contributed by atoms with Gasteiger partial charge in [0.25, 0.3) is 0 Å². The first kappa shape index (κ1) is 18.0. The highest BCUT2D eigenvalue weighted by Gasteiger charge is 2.07. The van der Waals surface area contributed by atoms with Crippen molar-refractivity contribution in [3.63, 3.8) is 0 Å². The van der Waals surface area contributed by atoms with Gasteiger partial charge in [0.05, 0.1) is 23.4 Å². The topological polar surface area (TPSA) is 76.1 Å². The predicted octanol–water partition coefficient (Wildman–Crippen LogP) is 5.06. The largest absolute Gasteiger partial charge is 0.465 e. The van der Waals surface area contributed by atoms with E-state index in [1.165, 1.54) is 13.4 Å². The predicted molar refractivity (Wildman–Crippen MR) is 103 cm³/mol. The summed E-state index contributed by atoms with van der Waals surface area (Å²) in [6.07, 6.45) is 1.41. The molecule has 0 radical (unpaired) electrons. The van der Waals surface area contributed by atoms with Crippen molar-refractivity contribution in [2.24, 2.45) is 0 Å². The molecule has 2 N–H and O–H groups in total. The van der Waals surface area contributed by atoms with Crippen molar-refractivity contribution in [2.75, 3.05) is 17.7 Å². The minimum Gasteiger partial charge on any atom is -0.465 e. The molecule has 3 aromatic rings. The van der Waals surface area contributed by atoms with Gasteiger partial charge in [0, 0.05) is 16.8 Å². The van der Waals surface area contributed by atoms with Crippen LogP contribution < -0.4 is 10.6 Å². The highest BCUT2D eigenvalue weighted by atomic mass is 35.5. The van der Waals surface area contributed by atoms with E-state index >= 15 is 0 Å². The molecule has 0 atom stereocenters. The summed E-state index contributed by atoms with van der Waals surface area (Å²) in [6.45, 7) is 0. The summed E-state index contributed by atoms with van der Waals surface area (Å²) in [5.41, 5.74) is 1.77. The van der Waals surface area contributed by atoms with Gasteiger partial charge >= 0.3 is 5.97 Å². The maximum Gasteiger partial charge on any atom is 0.337 e. The van der Waals surface area contributed by atoms with Gasteiger partial charge in [0.2, 0.25) is 0 Å². The SMILES string of the molecule is COC(=O)c1cccc(Nc2cc(Nc3cc(Cl)ccc3Cl)ncn2)c1. The van der Waals surface area contributed by atoms with Crippen LogP contribution in [0.3, 0.4) is 0 Å². The molecular weight excluding hydrogens is 375 g/mol. The molecule has 8 heteroatoms.